The average Bonchev–Trinajstić information content (AvgIpc) is 2.23. The molecule has 14 heavy (non-hydrogen) atoms. The lowest BCUT2D eigenvalue weighted by atomic mass is 10.1. The fourth-order valence-electron chi connectivity index (χ4n) is 1.49. The van der Waals surface area contributed by atoms with E-state index in [-0.39, 0.29) is 0 Å². The molecule has 0 aliphatic carbocycles. The van der Waals surface area contributed by atoms with Crippen LogP contribution < -0.4 is 10.1 Å². The molecule has 1 N–H and O–H groups in total. The van der Waals surface area contributed by atoms with E-state index in [4.69, 9.17) is 16.3 Å². The highest BCUT2D eigenvalue weighted by Crippen LogP contribution is 2.19. The molecule has 1 radical (unpaired) electrons. The minimum atomic E-state index is 0.303. The normalized spacial score (nSPS) is 18.1. The summed E-state index contributed by atoms with van der Waals surface area (Å²) in [5.41, 5.74) is 0. The summed E-state index contributed by atoms with van der Waals surface area (Å²) in [6, 6.07) is 7.51. The van der Waals surface area contributed by atoms with Gasteiger partial charge < -0.3 is 10.1 Å². The summed E-state index contributed by atoms with van der Waals surface area (Å²) in [6.45, 7) is 3.06. The van der Waals surface area contributed by atoms with Crippen molar-refractivity contribution in [1.29, 1.82) is 0 Å². The summed E-state index contributed by atoms with van der Waals surface area (Å²) in [5, 5.41) is 3.93. The van der Waals surface area contributed by atoms with Gasteiger partial charge in [0.2, 0.25) is 0 Å². The summed E-state index contributed by atoms with van der Waals surface area (Å²) in [4.78, 5) is 0. The van der Waals surface area contributed by atoms with E-state index in [0.29, 0.717) is 6.10 Å². The van der Waals surface area contributed by atoms with Gasteiger partial charge in [0.1, 0.15) is 11.9 Å². The molecule has 2 rings (SSSR count). The van der Waals surface area contributed by atoms with Gasteiger partial charge in [-0.2, -0.15) is 0 Å². The van der Waals surface area contributed by atoms with Crippen molar-refractivity contribution in [2.75, 3.05) is 6.54 Å². The Morgan fingerprint density at radius 2 is 2.07 bits per heavy atom. The van der Waals surface area contributed by atoms with Crippen LogP contribution in [0.4, 0.5) is 0 Å². The van der Waals surface area contributed by atoms with Gasteiger partial charge in [-0.25, -0.2) is 0 Å². The van der Waals surface area contributed by atoms with Gasteiger partial charge in [0.05, 0.1) is 0 Å². The van der Waals surface area contributed by atoms with Crippen molar-refractivity contribution in [1.82, 2.24) is 5.32 Å². The molecule has 1 aliphatic heterocycles. The van der Waals surface area contributed by atoms with Crippen LogP contribution in [0.1, 0.15) is 12.8 Å². The predicted octanol–water partition coefficient (Wildman–Crippen LogP) is 2.63. The first-order chi connectivity index (χ1) is 6.84. The third-order valence-electron chi connectivity index (χ3n) is 2.25. The SMILES string of the molecule is Clc1ccc(OC2C[CH]NCC2)cc1. The average molecular weight is 211 g/mol. The first kappa shape index (κ1) is 9.81. The lowest BCUT2D eigenvalue weighted by molar-refractivity contribution is 0.174. The Balaban J connectivity index is 1.92. The molecule has 1 heterocycles. The molecule has 1 aromatic rings. The van der Waals surface area contributed by atoms with Crippen LogP contribution in [-0.2, 0) is 0 Å². The molecule has 1 aromatic carbocycles. The number of hydrogen-bond donors (Lipinski definition) is 1. The topological polar surface area (TPSA) is 21.3 Å². The van der Waals surface area contributed by atoms with E-state index in [1.165, 1.54) is 0 Å². The second-order valence-electron chi connectivity index (χ2n) is 3.38. The molecule has 1 fully saturated rings. The molecule has 2 nitrogen and oxygen atoms in total. The number of ether oxygens (including phenoxy) is 1. The lowest BCUT2D eigenvalue weighted by Gasteiger charge is -2.23. The van der Waals surface area contributed by atoms with E-state index in [1.807, 2.05) is 24.3 Å². The fourth-order valence-corrected chi connectivity index (χ4v) is 1.62. The fraction of sp³-hybridized carbons (Fsp3) is 0.364. The number of halogens is 1. The maximum absolute atomic E-state index is 5.78. The van der Waals surface area contributed by atoms with Crippen molar-refractivity contribution in [3.63, 3.8) is 0 Å². The highest BCUT2D eigenvalue weighted by Gasteiger charge is 2.14. The van der Waals surface area contributed by atoms with E-state index in [2.05, 4.69) is 11.9 Å². The second-order valence-corrected chi connectivity index (χ2v) is 3.81. The molecular weight excluding hydrogens is 198 g/mol. The van der Waals surface area contributed by atoms with E-state index in [0.717, 1.165) is 30.2 Å². The summed E-state index contributed by atoms with van der Waals surface area (Å²) in [5.74, 6) is 0.898. The number of benzene rings is 1. The van der Waals surface area contributed by atoms with Crippen molar-refractivity contribution in [3.8, 4) is 5.75 Å². The van der Waals surface area contributed by atoms with E-state index in [1.54, 1.807) is 0 Å². The van der Waals surface area contributed by atoms with Crippen LogP contribution in [-0.4, -0.2) is 12.6 Å². The monoisotopic (exact) mass is 210 g/mol. The number of nitrogens with one attached hydrogen (secondary N) is 1. The second kappa shape index (κ2) is 4.67. The molecule has 0 amide bonds. The highest BCUT2D eigenvalue weighted by molar-refractivity contribution is 6.30. The zero-order valence-corrected chi connectivity index (χ0v) is 8.63. The molecule has 3 heteroatoms. The molecule has 1 unspecified atom stereocenters. The van der Waals surface area contributed by atoms with Crippen LogP contribution in [0, 0.1) is 6.54 Å². The molecule has 0 aromatic heterocycles. The van der Waals surface area contributed by atoms with Gasteiger partial charge in [0, 0.05) is 18.0 Å². The summed E-state index contributed by atoms with van der Waals surface area (Å²) in [7, 11) is 0. The van der Waals surface area contributed by atoms with Crippen molar-refractivity contribution < 1.29 is 4.74 Å². The molecule has 75 valence electrons. The van der Waals surface area contributed by atoms with Crippen LogP contribution in [0.15, 0.2) is 24.3 Å². The van der Waals surface area contributed by atoms with E-state index < -0.39 is 0 Å². The molecule has 1 atom stereocenters. The lowest BCUT2D eigenvalue weighted by Crippen LogP contribution is -2.30. The van der Waals surface area contributed by atoms with Crippen molar-refractivity contribution in [2.45, 2.75) is 18.9 Å². The minimum absolute atomic E-state index is 0.303. The summed E-state index contributed by atoms with van der Waals surface area (Å²) < 4.78 is 5.78. The molecule has 0 spiro atoms. The Bertz CT molecular complexity index is 280. The van der Waals surface area contributed by atoms with Gasteiger partial charge in [-0.3, -0.25) is 0 Å². The van der Waals surface area contributed by atoms with Crippen LogP contribution in [0.2, 0.25) is 5.02 Å². The van der Waals surface area contributed by atoms with Crippen molar-refractivity contribution in [2.24, 2.45) is 0 Å². The van der Waals surface area contributed by atoms with Crippen molar-refractivity contribution in [3.05, 3.63) is 35.8 Å². The van der Waals surface area contributed by atoms with Crippen LogP contribution in [0.3, 0.4) is 0 Å². The van der Waals surface area contributed by atoms with Gasteiger partial charge in [0.25, 0.3) is 0 Å². The van der Waals surface area contributed by atoms with Gasteiger partial charge >= 0.3 is 0 Å². The first-order valence-corrected chi connectivity index (χ1v) is 5.20. The summed E-state index contributed by atoms with van der Waals surface area (Å²) in [6.07, 6.45) is 2.32. The molecule has 0 saturated carbocycles. The van der Waals surface area contributed by atoms with Crippen molar-refractivity contribution >= 4 is 11.6 Å². The Morgan fingerprint density at radius 3 is 2.71 bits per heavy atom. The Labute approximate surface area is 89.2 Å². The highest BCUT2D eigenvalue weighted by atomic mass is 35.5. The Kier molecular flexibility index (Phi) is 3.27. The summed E-state index contributed by atoms with van der Waals surface area (Å²) >= 11 is 5.78. The van der Waals surface area contributed by atoms with E-state index in [9.17, 15) is 0 Å². The maximum Gasteiger partial charge on any atom is 0.119 e. The van der Waals surface area contributed by atoms with Gasteiger partial charge in [-0.15, -0.1) is 0 Å². The van der Waals surface area contributed by atoms with E-state index >= 15 is 0 Å². The molecule has 1 saturated heterocycles. The first-order valence-electron chi connectivity index (χ1n) is 4.82. The number of hydrogen-bond acceptors (Lipinski definition) is 2. The predicted molar refractivity (Wildman–Crippen MR) is 57.4 cm³/mol. The largest absolute Gasteiger partial charge is 0.490 e. The van der Waals surface area contributed by atoms with Gasteiger partial charge in [-0.05, 0) is 37.2 Å². The standard InChI is InChI=1S/C11H13ClNO/c12-9-1-3-10(4-2-9)14-11-5-7-13-8-6-11/h1-4,7,11,13H,5-6,8H2. The van der Waals surface area contributed by atoms with Crippen LogP contribution in [0.25, 0.3) is 0 Å². The third kappa shape index (κ3) is 2.63. The number of piperidine rings is 1. The van der Waals surface area contributed by atoms with Gasteiger partial charge in [0.15, 0.2) is 0 Å². The zero-order chi connectivity index (χ0) is 9.80. The minimum Gasteiger partial charge on any atom is -0.490 e. The smallest absolute Gasteiger partial charge is 0.119 e. The van der Waals surface area contributed by atoms with Crippen LogP contribution in [0.5, 0.6) is 5.75 Å². The molecular formula is C11H13ClNO. The third-order valence-corrected chi connectivity index (χ3v) is 2.50. The molecule has 0 bridgehead atoms. The Morgan fingerprint density at radius 1 is 1.29 bits per heavy atom. The number of rotatable bonds is 2. The molecule has 1 aliphatic rings. The quantitative estimate of drug-likeness (QED) is 0.811. The Hall–Kier alpha value is -0.730. The van der Waals surface area contributed by atoms with Gasteiger partial charge in [-0.1, -0.05) is 11.6 Å². The zero-order valence-electron chi connectivity index (χ0n) is 7.87. The van der Waals surface area contributed by atoms with Crippen LogP contribution >= 0.6 is 11.6 Å². The maximum atomic E-state index is 5.78.